The molecule has 29 heavy (non-hydrogen) atoms. The van der Waals surface area contributed by atoms with Crippen LogP contribution in [0.1, 0.15) is 16.7 Å². The van der Waals surface area contributed by atoms with Crippen molar-refractivity contribution in [2.45, 2.75) is 18.7 Å². The third-order valence-electron chi connectivity index (χ3n) is 4.29. The lowest BCUT2D eigenvalue weighted by atomic mass is 10.2. The van der Waals surface area contributed by atoms with E-state index < -0.39 is 10.0 Å². The zero-order valence-electron chi connectivity index (χ0n) is 16.3. The molecule has 2 aromatic carbocycles. The van der Waals surface area contributed by atoms with Crippen LogP contribution >= 0.6 is 0 Å². The highest BCUT2D eigenvalue weighted by Crippen LogP contribution is 2.24. The first-order chi connectivity index (χ1) is 13.8. The predicted octanol–water partition coefficient (Wildman–Crippen LogP) is 3.47. The molecule has 0 radical (unpaired) electrons. The van der Waals surface area contributed by atoms with E-state index in [0.717, 1.165) is 16.8 Å². The van der Waals surface area contributed by atoms with Gasteiger partial charge in [0, 0.05) is 28.7 Å². The summed E-state index contributed by atoms with van der Waals surface area (Å²) in [6, 6.07) is 12.5. The summed E-state index contributed by atoms with van der Waals surface area (Å²) in [6.07, 6.45) is 7.07. The van der Waals surface area contributed by atoms with Crippen molar-refractivity contribution in [1.29, 1.82) is 0 Å². The summed E-state index contributed by atoms with van der Waals surface area (Å²) in [7, 11) is -2.18. The Kier molecular flexibility index (Phi) is 5.82. The van der Waals surface area contributed by atoms with Crippen molar-refractivity contribution in [3.05, 3.63) is 65.4 Å². The van der Waals surface area contributed by atoms with Gasteiger partial charge >= 0.3 is 0 Å². The molecule has 0 amide bonds. The number of terminal acetylenes is 1. The maximum Gasteiger partial charge on any atom is 0.240 e. The highest BCUT2D eigenvalue weighted by molar-refractivity contribution is 7.89. The van der Waals surface area contributed by atoms with Crippen LogP contribution in [0.15, 0.2) is 53.6 Å². The van der Waals surface area contributed by atoms with Crippen molar-refractivity contribution < 1.29 is 8.42 Å². The van der Waals surface area contributed by atoms with E-state index in [9.17, 15) is 8.42 Å². The number of aromatic nitrogens is 2. The fourth-order valence-electron chi connectivity index (χ4n) is 2.62. The van der Waals surface area contributed by atoms with Gasteiger partial charge in [0.1, 0.15) is 5.82 Å². The second-order valence-electron chi connectivity index (χ2n) is 6.38. The Morgan fingerprint density at radius 2 is 1.66 bits per heavy atom. The molecule has 3 rings (SSSR count). The van der Waals surface area contributed by atoms with Gasteiger partial charge in [0.15, 0.2) is 0 Å². The minimum atomic E-state index is -3.56. The van der Waals surface area contributed by atoms with E-state index in [1.807, 2.05) is 31.2 Å². The average molecular weight is 407 g/mol. The molecule has 3 N–H and O–H groups in total. The van der Waals surface area contributed by atoms with Gasteiger partial charge < -0.3 is 10.6 Å². The molecule has 0 bridgehead atoms. The Bertz CT molecular complexity index is 1180. The Morgan fingerprint density at radius 1 is 0.966 bits per heavy atom. The summed E-state index contributed by atoms with van der Waals surface area (Å²) < 4.78 is 26.7. The summed E-state index contributed by atoms with van der Waals surface area (Å²) in [4.78, 5) is 8.98. The van der Waals surface area contributed by atoms with Crippen molar-refractivity contribution in [1.82, 2.24) is 14.7 Å². The lowest BCUT2D eigenvalue weighted by Crippen LogP contribution is -2.19. The fourth-order valence-corrected chi connectivity index (χ4v) is 3.62. The number of benzene rings is 2. The Morgan fingerprint density at radius 3 is 2.31 bits per heavy atom. The van der Waals surface area contributed by atoms with Crippen LogP contribution in [0.3, 0.4) is 0 Å². The fraction of sp³-hybridized carbons (Fsp3) is 0.143. The number of nitrogens with zero attached hydrogens (tertiary/aromatic N) is 2. The van der Waals surface area contributed by atoms with Crippen molar-refractivity contribution in [3.63, 3.8) is 0 Å². The molecule has 0 aliphatic carbocycles. The molecule has 0 spiro atoms. The standard InChI is InChI=1S/C21H21N5O2S/c1-5-16-7-10-17(11-8-16)24-20-15(3)13-23-21(26-20)25-18-9-6-14(2)19(12-18)29(27,28)22-4/h1,6-13,22H,2-4H3,(H2,23,24,25,26). The number of rotatable bonds is 6. The molecule has 0 aliphatic rings. The first-order valence-corrected chi connectivity index (χ1v) is 10.3. The van der Waals surface area contributed by atoms with E-state index in [4.69, 9.17) is 6.42 Å². The van der Waals surface area contributed by atoms with Gasteiger partial charge in [-0.05, 0) is 62.9 Å². The lowest BCUT2D eigenvalue weighted by Gasteiger charge is -2.13. The molecular formula is C21H21N5O2S. The monoisotopic (exact) mass is 407 g/mol. The number of nitrogens with one attached hydrogen (secondary N) is 3. The molecule has 0 saturated heterocycles. The molecule has 8 heteroatoms. The number of hydrogen-bond acceptors (Lipinski definition) is 6. The van der Waals surface area contributed by atoms with Crippen LogP contribution in [0.5, 0.6) is 0 Å². The minimum Gasteiger partial charge on any atom is -0.340 e. The molecule has 1 aromatic heterocycles. The summed E-state index contributed by atoms with van der Waals surface area (Å²) >= 11 is 0. The molecule has 1 heterocycles. The third kappa shape index (κ3) is 4.71. The smallest absolute Gasteiger partial charge is 0.240 e. The van der Waals surface area contributed by atoms with Crippen molar-refractivity contribution in [3.8, 4) is 12.3 Å². The van der Waals surface area contributed by atoms with Gasteiger partial charge in [-0.2, -0.15) is 4.98 Å². The van der Waals surface area contributed by atoms with Gasteiger partial charge in [-0.3, -0.25) is 0 Å². The second-order valence-corrected chi connectivity index (χ2v) is 8.24. The normalized spacial score (nSPS) is 11.0. The van der Waals surface area contributed by atoms with Crippen molar-refractivity contribution in [2.24, 2.45) is 0 Å². The van der Waals surface area contributed by atoms with Gasteiger partial charge in [0.25, 0.3) is 0 Å². The second kappa shape index (κ2) is 8.31. The Labute approximate surface area is 170 Å². The summed E-state index contributed by atoms with van der Waals surface area (Å²) in [5, 5.41) is 6.30. The van der Waals surface area contributed by atoms with Crippen molar-refractivity contribution >= 4 is 33.2 Å². The molecular weight excluding hydrogens is 386 g/mol. The van der Waals surface area contributed by atoms with E-state index in [-0.39, 0.29) is 4.90 Å². The average Bonchev–Trinajstić information content (AvgIpc) is 2.72. The first kappa shape index (κ1) is 20.3. The first-order valence-electron chi connectivity index (χ1n) is 8.81. The zero-order valence-corrected chi connectivity index (χ0v) is 17.1. The molecule has 148 valence electrons. The van der Waals surface area contributed by atoms with Gasteiger partial charge in [-0.25, -0.2) is 18.1 Å². The molecule has 0 unspecified atom stereocenters. The summed E-state index contributed by atoms with van der Waals surface area (Å²) in [5.74, 6) is 3.55. The van der Waals surface area contributed by atoms with E-state index in [1.54, 1.807) is 31.3 Å². The maximum atomic E-state index is 12.2. The van der Waals surface area contributed by atoms with Crippen LogP contribution in [-0.4, -0.2) is 25.4 Å². The van der Waals surface area contributed by atoms with Gasteiger partial charge in [0.2, 0.25) is 16.0 Å². The van der Waals surface area contributed by atoms with Crippen LogP contribution in [0, 0.1) is 26.2 Å². The molecule has 0 saturated carbocycles. The third-order valence-corrected chi connectivity index (χ3v) is 5.84. The number of sulfonamides is 1. The van der Waals surface area contributed by atoms with Crippen LogP contribution in [-0.2, 0) is 10.0 Å². The molecule has 7 nitrogen and oxygen atoms in total. The molecule has 3 aromatic rings. The highest BCUT2D eigenvalue weighted by atomic mass is 32.2. The van der Waals surface area contributed by atoms with Gasteiger partial charge in [0.05, 0.1) is 4.90 Å². The minimum absolute atomic E-state index is 0.198. The quantitative estimate of drug-likeness (QED) is 0.542. The SMILES string of the molecule is C#Cc1ccc(Nc2nc(Nc3ccc(C)c(S(=O)(=O)NC)c3)ncc2C)cc1. The number of aryl methyl sites for hydroxylation is 2. The van der Waals surface area contributed by atoms with E-state index in [0.29, 0.717) is 23.0 Å². The molecule has 0 atom stereocenters. The number of anilines is 4. The molecule has 0 aliphatic heterocycles. The maximum absolute atomic E-state index is 12.2. The van der Waals surface area contributed by atoms with Crippen LogP contribution < -0.4 is 15.4 Å². The molecule has 0 fully saturated rings. The van der Waals surface area contributed by atoms with Gasteiger partial charge in [-0.15, -0.1) is 6.42 Å². The topological polar surface area (TPSA) is 96.0 Å². The van der Waals surface area contributed by atoms with Crippen molar-refractivity contribution in [2.75, 3.05) is 17.7 Å². The van der Waals surface area contributed by atoms with Gasteiger partial charge in [-0.1, -0.05) is 12.0 Å². The Balaban J connectivity index is 1.86. The van der Waals surface area contributed by atoms with E-state index >= 15 is 0 Å². The van der Waals surface area contributed by atoms with E-state index in [2.05, 4.69) is 31.2 Å². The number of hydrogen-bond donors (Lipinski definition) is 3. The zero-order chi connectivity index (χ0) is 21.0. The summed E-state index contributed by atoms with van der Waals surface area (Å²) in [6.45, 7) is 3.63. The Hall–Kier alpha value is -3.41. The van der Waals surface area contributed by atoms with Crippen LogP contribution in [0.25, 0.3) is 0 Å². The van der Waals surface area contributed by atoms with Crippen LogP contribution in [0.4, 0.5) is 23.1 Å². The summed E-state index contributed by atoms with van der Waals surface area (Å²) in [5.41, 5.74) is 3.71. The van der Waals surface area contributed by atoms with Crippen LogP contribution in [0.2, 0.25) is 0 Å². The highest BCUT2D eigenvalue weighted by Gasteiger charge is 2.15. The lowest BCUT2D eigenvalue weighted by molar-refractivity contribution is 0.587. The largest absolute Gasteiger partial charge is 0.340 e. The predicted molar refractivity (Wildman–Crippen MR) is 115 cm³/mol. The van der Waals surface area contributed by atoms with E-state index in [1.165, 1.54) is 7.05 Å².